The molecule has 1 heterocycles. The van der Waals surface area contributed by atoms with Crippen LogP contribution in [0.2, 0.25) is 0 Å². The lowest BCUT2D eigenvalue weighted by molar-refractivity contribution is 0.00977. The summed E-state index contributed by atoms with van der Waals surface area (Å²) in [6.07, 6.45) is 1.27. The van der Waals surface area contributed by atoms with Gasteiger partial charge in [0.25, 0.3) is 0 Å². The summed E-state index contributed by atoms with van der Waals surface area (Å²) in [5, 5.41) is 9.24. The molecule has 1 aromatic carbocycles. The molecule has 2 atom stereocenters. The third kappa shape index (κ3) is 2.39. The van der Waals surface area contributed by atoms with Gasteiger partial charge in [-0.15, -0.1) is 0 Å². The van der Waals surface area contributed by atoms with Gasteiger partial charge in [0.1, 0.15) is 5.82 Å². The molecule has 1 aliphatic carbocycles. The van der Waals surface area contributed by atoms with Gasteiger partial charge in [-0.05, 0) is 44.4 Å². The number of rotatable bonds is 2. The Bertz CT molecular complexity index is 542. The molecule has 2 fully saturated rings. The molecule has 1 aromatic rings. The van der Waals surface area contributed by atoms with Crippen LogP contribution in [0.15, 0.2) is 24.3 Å². The topological polar surface area (TPSA) is 43.8 Å². The van der Waals surface area contributed by atoms with Crippen LogP contribution in [0.25, 0.3) is 0 Å². The Balaban J connectivity index is 1.83. The van der Waals surface area contributed by atoms with E-state index in [2.05, 4.69) is 11.8 Å². The van der Waals surface area contributed by atoms with E-state index in [4.69, 9.17) is 0 Å². The fourth-order valence-corrected chi connectivity index (χ4v) is 3.61. The van der Waals surface area contributed by atoms with Crippen molar-refractivity contribution in [3.63, 3.8) is 0 Å². The summed E-state index contributed by atoms with van der Waals surface area (Å²) < 4.78 is 13.1. The van der Waals surface area contributed by atoms with Crippen LogP contribution in [0.1, 0.15) is 32.3 Å². The zero-order valence-corrected chi connectivity index (χ0v) is 12.4. The Morgan fingerprint density at radius 1 is 1.19 bits per heavy atom. The Hall–Kier alpha value is -1.62. The normalized spacial score (nSPS) is 28.4. The van der Waals surface area contributed by atoms with Crippen molar-refractivity contribution < 1.29 is 14.3 Å². The number of benzene rings is 1. The molecular weight excluding hydrogens is 271 g/mol. The number of amides is 1. The molecular formula is C16H21FN2O2. The molecule has 4 nitrogen and oxygen atoms in total. The molecule has 5 heteroatoms. The highest BCUT2D eigenvalue weighted by atomic mass is 19.1. The van der Waals surface area contributed by atoms with Crippen LogP contribution < -0.4 is 0 Å². The SMILES string of the molecule is C[C@@H]1CN(C(=O)O)[C@@H](C)CN1C1(c2ccc(F)cc2)CC1. The van der Waals surface area contributed by atoms with Gasteiger partial charge in [0, 0.05) is 30.7 Å². The van der Waals surface area contributed by atoms with Crippen molar-refractivity contribution in [3.8, 4) is 0 Å². The van der Waals surface area contributed by atoms with E-state index >= 15 is 0 Å². The average molecular weight is 292 g/mol. The van der Waals surface area contributed by atoms with Crippen molar-refractivity contribution in [1.82, 2.24) is 9.80 Å². The fraction of sp³-hybridized carbons (Fsp3) is 0.562. The van der Waals surface area contributed by atoms with E-state index in [1.165, 1.54) is 17.0 Å². The van der Waals surface area contributed by atoms with Crippen LogP contribution in [0, 0.1) is 5.82 Å². The van der Waals surface area contributed by atoms with Crippen molar-refractivity contribution >= 4 is 6.09 Å². The summed E-state index contributed by atoms with van der Waals surface area (Å²) in [5.74, 6) is -0.216. The molecule has 0 aromatic heterocycles. The Kier molecular flexibility index (Phi) is 3.40. The predicted molar refractivity (Wildman–Crippen MR) is 77.7 cm³/mol. The second kappa shape index (κ2) is 4.98. The quantitative estimate of drug-likeness (QED) is 0.911. The van der Waals surface area contributed by atoms with Crippen LogP contribution in [0.3, 0.4) is 0 Å². The molecule has 2 aliphatic rings. The monoisotopic (exact) mass is 292 g/mol. The summed E-state index contributed by atoms with van der Waals surface area (Å²) in [6, 6.07) is 6.90. The minimum Gasteiger partial charge on any atom is -0.465 e. The summed E-state index contributed by atoms with van der Waals surface area (Å²) in [6.45, 7) is 5.28. The summed E-state index contributed by atoms with van der Waals surface area (Å²) in [4.78, 5) is 15.2. The first-order chi connectivity index (χ1) is 9.94. The minimum absolute atomic E-state index is 0.0170. The number of carbonyl (C=O) groups is 1. The Morgan fingerprint density at radius 3 is 2.33 bits per heavy atom. The van der Waals surface area contributed by atoms with Gasteiger partial charge in [0.05, 0.1) is 0 Å². The van der Waals surface area contributed by atoms with Crippen LogP contribution in [0.5, 0.6) is 0 Å². The lowest BCUT2D eigenvalue weighted by Crippen LogP contribution is -2.60. The van der Waals surface area contributed by atoms with Crippen LogP contribution >= 0.6 is 0 Å². The van der Waals surface area contributed by atoms with Crippen molar-refractivity contribution in [2.75, 3.05) is 13.1 Å². The smallest absolute Gasteiger partial charge is 0.407 e. The van der Waals surface area contributed by atoms with Crippen LogP contribution in [0.4, 0.5) is 9.18 Å². The number of hydrogen-bond acceptors (Lipinski definition) is 2. The maximum absolute atomic E-state index is 13.1. The van der Waals surface area contributed by atoms with Gasteiger partial charge in [0.15, 0.2) is 0 Å². The molecule has 1 N–H and O–H groups in total. The molecule has 0 bridgehead atoms. The second-order valence-electron chi connectivity index (χ2n) is 6.32. The second-order valence-corrected chi connectivity index (χ2v) is 6.32. The zero-order valence-electron chi connectivity index (χ0n) is 12.4. The van der Waals surface area contributed by atoms with E-state index in [0.29, 0.717) is 6.54 Å². The number of halogens is 1. The van der Waals surface area contributed by atoms with E-state index in [9.17, 15) is 14.3 Å². The molecule has 1 amide bonds. The molecule has 21 heavy (non-hydrogen) atoms. The molecule has 0 radical (unpaired) electrons. The molecule has 114 valence electrons. The van der Waals surface area contributed by atoms with Crippen molar-refractivity contribution in [2.45, 2.75) is 44.3 Å². The summed E-state index contributed by atoms with van der Waals surface area (Å²) in [7, 11) is 0. The third-order valence-electron chi connectivity index (χ3n) is 4.89. The molecule has 1 saturated carbocycles. The Labute approximate surface area is 124 Å². The highest BCUT2D eigenvalue weighted by molar-refractivity contribution is 5.65. The first-order valence-electron chi connectivity index (χ1n) is 7.46. The van der Waals surface area contributed by atoms with Gasteiger partial charge in [-0.3, -0.25) is 4.90 Å². The molecule has 0 spiro atoms. The van der Waals surface area contributed by atoms with Gasteiger partial charge in [0.2, 0.25) is 0 Å². The van der Waals surface area contributed by atoms with Crippen LogP contribution in [-0.2, 0) is 5.54 Å². The van der Waals surface area contributed by atoms with E-state index in [1.54, 1.807) is 0 Å². The lowest BCUT2D eigenvalue weighted by atomic mass is 9.97. The summed E-state index contributed by atoms with van der Waals surface area (Å²) >= 11 is 0. The number of piperazine rings is 1. The highest BCUT2D eigenvalue weighted by Gasteiger charge is 2.53. The highest BCUT2D eigenvalue weighted by Crippen LogP contribution is 2.52. The minimum atomic E-state index is -0.847. The van der Waals surface area contributed by atoms with Crippen molar-refractivity contribution in [3.05, 3.63) is 35.6 Å². The molecule has 1 aliphatic heterocycles. The predicted octanol–water partition coefficient (Wildman–Crippen LogP) is 2.89. The van der Waals surface area contributed by atoms with Gasteiger partial charge < -0.3 is 10.0 Å². The fourth-order valence-electron chi connectivity index (χ4n) is 3.61. The Morgan fingerprint density at radius 2 is 1.81 bits per heavy atom. The van der Waals surface area contributed by atoms with E-state index in [-0.39, 0.29) is 23.4 Å². The van der Waals surface area contributed by atoms with E-state index in [0.717, 1.165) is 24.9 Å². The standard InChI is InChI=1S/C16H21FN2O2/c1-11-10-19(12(2)9-18(11)15(20)21)16(7-8-16)13-3-5-14(17)6-4-13/h3-6,11-12H,7-10H2,1-2H3,(H,20,21)/t11-,12+/m0/s1. The van der Waals surface area contributed by atoms with Crippen molar-refractivity contribution in [1.29, 1.82) is 0 Å². The van der Waals surface area contributed by atoms with Gasteiger partial charge in [-0.25, -0.2) is 9.18 Å². The molecule has 0 unspecified atom stereocenters. The van der Waals surface area contributed by atoms with E-state index in [1.807, 2.05) is 19.1 Å². The lowest BCUT2D eigenvalue weighted by Gasteiger charge is -2.47. The first kappa shape index (κ1) is 14.3. The van der Waals surface area contributed by atoms with Crippen molar-refractivity contribution in [2.24, 2.45) is 0 Å². The van der Waals surface area contributed by atoms with Gasteiger partial charge >= 0.3 is 6.09 Å². The first-order valence-corrected chi connectivity index (χ1v) is 7.46. The van der Waals surface area contributed by atoms with Gasteiger partial charge in [-0.2, -0.15) is 0 Å². The van der Waals surface area contributed by atoms with E-state index < -0.39 is 6.09 Å². The van der Waals surface area contributed by atoms with Crippen LogP contribution in [-0.4, -0.2) is 46.2 Å². The average Bonchev–Trinajstić information content (AvgIpc) is 3.23. The largest absolute Gasteiger partial charge is 0.465 e. The maximum Gasteiger partial charge on any atom is 0.407 e. The van der Waals surface area contributed by atoms with Gasteiger partial charge in [-0.1, -0.05) is 12.1 Å². The molecule has 3 rings (SSSR count). The molecule has 1 saturated heterocycles. The number of carboxylic acid groups (broad SMARTS) is 1. The number of hydrogen-bond donors (Lipinski definition) is 1. The maximum atomic E-state index is 13.1. The third-order valence-corrected chi connectivity index (χ3v) is 4.89. The number of nitrogens with zero attached hydrogens (tertiary/aromatic N) is 2. The summed E-state index contributed by atoms with van der Waals surface area (Å²) in [5.41, 5.74) is 1.12. The zero-order chi connectivity index (χ0) is 15.2.